The Morgan fingerprint density at radius 2 is 2.07 bits per heavy atom. The van der Waals surface area contributed by atoms with E-state index in [1.54, 1.807) is 24.7 Å². The molecule has 8 heteroatoms. The second kappa shape index (κ2) is 8.86. The van der Waals surface area contributed by atoms with Crippen LogP contribution in [-0.4, -0.2) is 42.3 Å². The quantitative estimate of drug-likeness (QED) is 0.630. The maximum absolute atomic E-state index is 12.9. The first-order valence-corrected chi connectivity index (χ1v) is 10.1. The number of anilines is 2. The SMILES string of the molecule is Cc1cccc(Nc2cc(C)nc([C@H]3CCCCN3C(=O)/C=C/c3cnc[nH]3)n2)n1. The summed E-state index contributed by atoms with van der Waals surface area (Å²) in [5, 5.41) is 3.26. The van der Waals surface area contributed by atoms with Gasteiger partial charge in [0.05, 0.1) is 24.3 Å². The molecular formula is C22H25N7O. The van der Waals surface area contributed by atoms with Gasteiger partial charge in [0.15, 0.2) is 5.82 Å². The second-order valence-electron chi connectivity index (χ2n) is 7.43. The number of aryl methyl sites for hydroxylation is 2. The highest BCUT2D eigenvalue weighted by Gasteiger charge is 2.29. The maximum Gasteiger partial charge on any atom is 0.247 e. The molecule has 0 spiro atoms. The van der Waals surface area contributed by atoms with Gasteiger partial charge in [0, 0.05) is 30.1 Å². The lowest BCUT2D eigenvalue weighted by atomic mass is 10.0. The van der Waals surface area contributed by atoms with Crippen molar-refractivity contribution in [3.05, 3.63) is 65.8 Å². The minimum absolute atomic E-state index is 0.0470. The zero-order valence-electron chi connectivity index (χ0n) is 17.2. The summed E-state index contributed by atoms with van der Waals surface area (Å²) in [7, 11) is 0. The van der Waals surface area contributed by atoms with Crippen LogP contribution in [-0.2, 0) is 4.79 Å². The van der Waals surface area contributed by atoms with Gasteiger partial charge in [0.2, 0.25) is 5.91 Å². The van der Waals surface area contributed by atoms with Crippen LogP contribution < -0.4 is 5.32 Å². The molecule has 1 atom stereocenters. The zero-order chi connectivity index (χ0) is 20.9. The Balaban J connectivity index is 1.57. The normalized spacial score (nSPS) is 16.7. The molecule has 0 aromatic carbocycles. The Morgan fingerprint density at radius 3 is 2.87 bits per heavy atom. The molecule has 0 bridgehead atoms. The number of nitrogens with zero attached hydrogens (tertiary/aromatic N) is 5. The predicted molar refractivity (Wildman–Crippen MR) is 115 cm³/mol. The van der Waals surface area contributed by atoms with Gasteiger partial charge in [-0.3, -0.25) is 4.79 Å². The van der Waals surface area contributed by atoms with Crippen LogP contribution in [0.3, 0.4) is 0 Å². The number of amides is 1. The number of aromatic amines is 1. The van der Waals surface area contributed by atoms with Gasteiger partial charge >= 0.3 is 0 Å². The highest BCUT2D eigenvalue weighted by molar-refractivity contribution is 5.91. The number of H-pyrrole nitrogens is 1. The van der Waals surface area contributed by atoms with Crippen molar-refractivity contribution in [2.24, 2.45) is 0 Å². The number of nitrogens with one attached hydrogen (secondary N) is 2. The van der Waals surface area contributed by atoms with Crippen molar-refractivity contribution >= 4 is 23.6 Å². The number of carbonyl (C=O) groups is 1. The molecule has 1 aliphatic heterocycles. The van der Waals surface area contributed by atoms with Crippen molar-refractivity contribution in [3.8, 4) is 0 Å². The molecule has 8 nitrogen and oxygen atoms in total. The fourth-order valence-corrected chi connectivity index (χ4v) is 3.63. The molecule has 0 saturated carbocycles. The Labute approximate surface area is 175 Å². The molecule has 2 N–H and O–H groups in total. The van der Waals surface area contributed by atoms with Crippen LogP contribution in [0.1, 0.15) is 48.2 Å². The van der Waals surface area contributed by atoms with E-state index >= 15 is 0 Å². The summed E-state index contributed by atoms with van der Waals surface area (Å²) in [5.74, 6) is 2.03. The van der Waals surface area contributed by atoms with Gasteiger partial charge in [-0.2, -0.15) is 0 Å². The van der Waals surface area contributed by atoms with E-state index in [9.17, 15) is 4.79 Å². The minimum Gasteiger partial charge on any atom is -0.345 e. The van der Waals surface area contributed by atoms with Gasteiger partial charge in [-0.25, -0.2) is 19.9 Å². The van der Waals surface area contributed by atoms with Crippen molar-refractivity contribution in [1.82, 2.24) is 29.8 Å². The average Bonchev–Trinajstić information content (AvgIpc) is 3.25. The lowest BCUT2D eigenvalue weighted by Crippen LogP contribution is -2.38. The Morgan fingerprint density at radius 1 is 1.17 bits per heavy atom. The average molecular weight is 403 g/mol. The van der Waals surface area contributed by atoms with Crippen molar-refractivity contribution in [2.75, 3.05) is 11.9 Å². The third kappa shape index (κ3) is 4.71. The highest BCUT2D eigenvalue weighted by atomic mass is 16.2. The number of hydrogen-bond acceptors (Lipinski definition) is 6. The Kier molecular flexibility index (Phi) is 5.83. The summed E-state index contributed by atoms with van der Waals surface area (Å²) in [6.45, 7) is 4.58. The summed E-state index contributed by atoms with van der Waals surface area (Å²) in [5.41, 5.74) is 2.57. The first-order chi connectivity index (χ1) is 14.6. The molecule has 3 aromatic heterocycles. The molecule has 4 rings (SSSR count). The van der Waals surface area contributed by atoms with E-state index in [2.05, 4.69) is 25.3 Å². The zero-order valence-corrected chi connectivity index (χ0v) is 17.2. The van der Waals surface area contributed by atoms with E-state index in [4.69, 9.17) is 4.98 Å². The van der Waals surface area contributed by atoms with Gasteiger partial charge in [0.1, 0.15) is 11.6 Å². The molecule has 4 heterocycles. The number of rotatable bonds is 5. The molecule has 1 fully saturated rings. The van der Waals surface area contributed by atoms with Gasteiger partial charge in [-0.15, -0.1) is 0 Å². The summed E-state index contributed by atoms with van der Waals surface area (Å²) in [6.07, 6.45) is 9.45. The molecular weight excluding hydrogens is 378 g/mol. The van der Waals surface area contributed by atoms with E-state index in [1.165, 1.54) is 0 Å². The number of likely N-dealkylation sites (tertiary alicyclic amines) is 1. The molecule has 1 aliphatic rings. The monoisotopic (exact) mass is 403 g/mol. The molecule has 0 aliphatic carbocycles. The van der Waals surface area contributed by atoms with Crippen LogP contribution in [0.25, 0.3) is 6.08 Å². The third-order valence-corrected chi connectivity index (χ3v) is 5.02. The molecule has 154 valence electrons. The van der Waals surface area contributed by atoms with Crippen LogP contribution >= 0.6 is 0 Å². The maximum atomic E-state index is 12.9. The summed E-state index contributed by atoms with van der Waals surface area (Å²) >= 11 is 0. The predicted octanol–water partition coefficient (Wildman–Crippen LogP) is 3.72. The van der Waals surface area contributed by atoms with Crippen LogP contribution in [0.4, 0.5) is 11.6 Å². The third-order valence-electron chi connectivity index (χ3n) is 5.02. The van der Waals surface area contributed by atoms with Crippen molar-refractivity contribution in [2.45, 2.75) is 39.2 Å². The van der Waals surface area contributed by atoms with Crippen molar-refractivity contribution < 1.29 is 4.79 Å². The number of hydrogen-bond donors (Lipinski definition) is 2. The summed E-state index contributed by atoms with van der Waals surface area (Å²) in [4.78, 5) is 35.6. The first kappa shape index (κ1) is 19.8. The molecule has 1 amide bonds. The molecule has 30 heavy (non-hydrogen) atoms. The Hall–Kier alpha value is -3.55. The van der Waals surface area contributed by atoms with Crippen LogP contribution in [0.15, 0.2) is 42.9 Å². The largest absolute Gasteiger partial charge is 0.345 e. The van der Waals surface area contributed by atoms with Crippen LogP contribution in [0.2, 0.25) is 0 Å². The standard InChI is InChI=1S/C22H25N7O/c1-15-6-5-8-19(25-15)27-20-12-16(2)26-22(28-20)18-7-3-4-11-29(18)21(30)10-9-17-13-23-14-24-17/h5-6,8-10,12-14,18H,3-4,7,11H2,1-2H3,(H,23,24)(H,25,26,27,28)/b10-9+/t18-/m1/s1. The second-order valence-corrected chi connectivity index (χ2v) is 7.43. The molecule has 0 unspecified atom stereocenters. The van der Waals surface area contributed by atoms with Gasteiger partial charge in [0.25, 0.3) is 0 Å². The fraction of sp³-hybridized carbons (Fsp3) is 0.318. The fourth-order valence-electron chi connectivity index (χ4n) is 3.63. The number of imidazole rings is 1. The molecule has 1 saturated heterocycles. The summed E-state index contributed by atoms with van der Waals surface area (Å²) < 4.78 is 0. The smallest absolute Gasteiger partial charge is 0.247 e. The first-order valence-electron chi connectivity index (χ1n) is 10.1. The highest BCUT2D eigenvalue weighted by Crippen LogP contribution is 2.30. The number of carbonyl (C=O) groups excluding carboxylic acids is 1. The van der Waals surface area contributed by atoms with Gasteiger partial charge in [-0.1, -0.05) is 6.07 Å². The van der Waals surface area contributed by atoms with Crippen molar-refractivity contribution in [1.29, 1.82) is 0 Å². The van der Waals surface area contributed by atoms with E-state index < -0.39 is 0 Å². The Bertz CT molecular complexity index is 1050. The van der Waals surface area contributed by atoms with E-state index in [0.717, 1.165) is 42.2 Å². The summed E-state index contributed by atoms with van der Waals surface area (Å²) in [6, 6.07) is 7.54. The topological polar surface area (TPSA) is 99.7 Å². The molecule has 0 radical (unpaired) electrons. The minimum atomic E-state index is -0.149. The van der Waals surface area contributed by atoms with E-state index in [1.807, 2.05) is 43.0 Å². The molecule has 3 aromatic rings. The van der Waals surface area contributed by atoms with Gasteiger partial charge in [-0.05, 0) is 51.3 Å². The van der Waals surface area contributed by atoms with Crippen LogP contribution in [0.5, 0.6) is 0 Å². The van der Waals surface area contributed by atoms with E-state index in [0.29, 0.717) is 18.2 Å². The number of piperidine rings is 1. The number of aromatic nitrogens is 5. The van der Waals surface area contributed by atoms with Crippen molar-refractivity contribution in [3.63, 3.8) is 0 Å². The lowest BCUT2D eigenvalue weighted by Gasteiger charge is -2.34. The van der Waals surface area contributed by atoms with E-state index in [-0.39, 0.29) is 11.9 Å². The van der Waals surface area contributed by atoms with Gasteiger partial charge < -0.3 is 15.2 Å². The van der Waals surface area contributed by atoms with Crippen LogP contribution in [0, 0.1) is 13.8 Å². The lowest BCUT2D eigenvalue weighted by molar-refractivity contribution is -0.129. The number of pyridine rings is 1.